The molecule has 0 aliphatic carbocycles. The van der Waals surface area contributed by atoms with E-state index >= 15 is 0 Å². The molecule has 1 aromatic heterocycles. The van der Waals surface area contributed by atoms with Gasteiger partial charge >= 0.3 is 7.12 Å². The maximum Gasteiger partial charge on any atom is 0.499 e. The molecule has 2 N–H and O–H groups in total. The molecule has 0 atom stereocenters. The van der Waals surface area contributed by atoms with Crippen LogP contribution in [0.3, 0.4) is 0 Å². The lowest BCUT2D eigenvalue weighted by molar-refractivity contribution is 0.112. The van der Waals surface area contributed by atoms with E-state index in [0.29, 0.717) is 16.6 Å². The second-order valence-corrected chi connectivity index (χ2v) is 2.68. The third kappa shape index (κ3) is 1.26. The summed E-state index contributed by atoms with van der Waals surface area (Å²) >= 11 is 1.15. The molecule has 0 fully saturated rings. The summed E-state index contributed by atoms with van der Waals surface area (Å²) in [7, 11) is -1.53. The minimum Gasteiger partial charge on any atom is -0.423 e. The average molecular weight is 156 g/mol. The highest BCUT2D eigenvalue weighted by Gasteiger charge is 2.16. The van der Waals surface area contributed by atoms with Gasteiger partial charge in [0, 0.05) is 10.3 Å². The molecule has 1 heterocycles. The van der Waals surface area contributed by atoms with Gasteiger partial charge in [0.05, 0.1) is 0 Å². The van der Waals surface area contributed by atoms with Gasteiger partial charge in [0.15, 0.2) is 6.29 Å². The smallest absolute Gasteiger partial charge is 0.423 e. The number of aldehydes is 1. The Kier molecular flexibility index (Phi) is 2.21. The van der Waals surface area contributed by atoms with E-state index in [1.807, 2.05) is 0 Å². The van der Waals surface area contributed by atoms with Gasteiger partial charge in [0.25, 0.3) is 0 Å². The molecule has 52 valence electrons. The quantitative estimate of drug-likeness (QED) is 0.437. The van der Waals surface area contributed by atoms with E-state index in [-0.39, 0.29) is 0 Å². The number of rotatable bonds is 2. The van der Waals surface area contributed by atoms with Crippen molar-refractivity contribution in [3.05, 3.63) is 17.0 Å². The van der Waals surface area contributed by atoms with Crippen molar-refractivity contribution in [2.45, 2.75) is 0 Å². The van der Waals surface area contributed by atoms with Crippen LogP contribution in [0.15, 0.2) is 11.4 Å². The summed E-state index contributed by atoms with van der Waals surface area (Å²) in [5.74, 6) is 0. The minimum absolute atomic E-state index is 0.301. The van der Waals surface area contributed by atoms with Crippen LogP contribution in [0.25, 0.3) is 0 Å². The molecule has 0 saturated carbocycles. The van der Waals surface area contributed by atoms with Crippen molar-refractivity contribution < 1.29 is 14.8 Å². The molecule has 1 aromatic rings. The molecule has 0 radical (unpaired) electrons. The molecule has 0 saturated heterocycles. The Bertz CT molecular complexity index is 233. The number of thiophene rings is 1. The van der Waals surface area contributed by atoms with Gasteiger partial charge in [-0.1, -0.05) is 0 Å². The van der Waals surface area contributed by atoms with Gasteiger partial charge in [-0.25, -0.2) is 0 Å². The third-order valence-electron chi connectivity index (χ3n) is 1.09. The van der Waals surface area contributed by atoms with Crippen molar-refractivity contribution >= 4 is 29.5 Å². The molecule has 0 spiro atoms. The Morgan fingerprint density at radius 2 is 2.30 bits per heavy atom. The maximum absolute atomic E-state index is 10.2. The SMILES string of the molecule is O=Cc1ccsc1B(O)O. The molecule has 3 nitrogen and oxygen atoms in total. The second kappa shape index (κ2) is 2.96. The van der Waals surface area contributed by atoms with Crippen LogP contribution in [-0.2, 0) is 0 Å². The molecule has 0 bridgehead atoms. The van der Waals surface area contributed by atoms with Gasteiger partial charge in [-0.3, -0.25) is 4.79 Å². The highest BCUT2D eigenvalue weighted by atomic mass is 32.1. The van der Waals surface area contributed by atoms with E-state index in [0.717, 1.165) is 11.3 Å². The number of carbonyl (C=O) groups excluding carboxylic acids is 1. The van der Waals surface area contributed by atoms with E-state index in [4.69, 9.17) is 10.0 Å². The van der Waals surface area contributed by atoms with Crippen LogP contribution < -0.4 is 4.78 Å². The summed E-state index contributed by atoms with van der Waals surface area (Å²) in [6, 6.07) is 1.55. The fourth-order valence-corrected chi connectivity index (χ4v) is 1.37. The van der Waals surface area contributed by atoms with E-state index < -0.39 is 7.12 Å². The average Bonchev–Trinajstić information content (AvgIpc) is 2.33. The summed E-state index contributed by atoms with van der Waals surface area (Å²) in [4.78, 5) is 10.2. The van der Waals surface area contributed by atoms with E-state index in [1.165, 1.54) is 0 Å². The summed E-state index contributed by atoms with van der Waals surface area (Å²) in [5, 5.41) is 18.9. The summed E-state index contributed by atoms with van der Waals surface area (Å²) < 4.78 is 0.301. The zero-order valence-corrected chi connectivity index (χ0v) is 5.84. The van der Waals surface area contributed by atoms with Crippen molar-refractivity contribution in [3.63, 3.8) is 0 Å². The lowest BCUT2D eigenvalue weighted by Gasteiger charge is -1.92. The first-order valence-corrected chi connectivity index (χ1v) is 3.52. The summed E-state index contributed by atoms with van der Waals surface area (Å²) in [6.07, 6.45) is 0.602. The largest absolute Gasteiger partial charge is 0.499 e. The van der Waals surface area contributed by atoms with Crippen LogP contribution >= 0.6 is 11.3 Å². The maximum atomic E-state index is 10.2. The highest BCUT2D eigenvalue weighted by molar-refractivity contribution is 7.21. The Morgan fingerprint density at radius 3 is 2.70 bits per heavy atom. The van der Waals surface area contributed by atoms with Gasteiger partial charge in [0.2, 0.25) is 0 Å². The van der Waals surface area contributed by atoms with Crippen molar-refractivity contribution in [1.29, 1.82) is 0 Å². The fourth-order valence-electron chi connectivity index (χ4n) is 0.638. The van der Waals surface area contributed by atoms with Crippen LogP contribution in [0.5, 0.6) is 0 Å². The Morgan fingerprint density at radius 1 is 1.60 bits per heavy atom. The molecular weight excluding hydrogens is 151 g/mol. The number of hydrogen-bond acceptors (Lipinski definition) is 4. The van der Waals surface area contributed by atoms with E-state index in [1.54, 1.807) is 11.4 Å². The van der Waals surface area contributed by atoms with Crippen LogP contribution in [0.1, 0.15) is 10.4 Å². The lowest BCUT2D eigenvalue weighted by Crippen LogP contribution is -2.29. The Labute approximate surface area is 62.1 Å². The standard InChI is InChI=1S/C5H5BO3S/c7-3-4-1-2-10-5(4)6(8)9/h1-3,8-9H. The summed E-state index contributed by atoms with van der Waals surface area (Å²) in [5.41, 5.74) is 0.347. The Balaban J connectivity index is 3.01. The predicted octanol–water partition coefficient (Wildman–Crippen LogP) is -0.760. The molecule has 1 rings (SSSR count). The van der Waals surface area contributed by atoms with Crippen molar-refractivity contribution in [3.8, 4) is 0 Å². The van der Waals surface area contributed by atoms with Crippen LogP contribution in [-0.4, -0.2) is 23.5 Å². The molecule has 10 heavy (non-hydrogen) atoms. The van der Waals surface area contributed by atoms with Crippen LogP contribution in [0.4, 0.5) is 0 Å². The minimum atomic E-state index is -1.53. The first-order chi connectivity index (χ1) is 4.75. The van der Waals surface area contributed by atoms with Gasteiger partial charge in [-0.05, 0) is 11.4 Å². The zero-order chi connectivity index (χ0) is 7.56. The predicted molar refractivity (Wildman–Crippen MR) is 39.5 cm³/mol. The van der Waals surface area contributed by atoms with Gasteiger partial charge < -0.3 is 10.0 Å². The van der Waals surface area contributed by atoms with Gasteiger partial charge in [0.1, 0.15) is 0 Å². The zero-order valence-electron chi connectivity index (χ0n) is 5.02. The molecule has 0 unspecified atom stereocenters. The molecular formula is C5H5BO3S. The topological polar surface area (TPSA) is 57.5 Å². The Hall–Kier alpha value is -0.645. The van der Waals surface area contributed by atoms with Crippen LogP contribution in [0.2, 0.25) is 0 Å². The molecule has 0 amide bonds. The normalized spacial score (nSPS) is 9.40. The molecule has 0 aliphatic rings. The summed E-state index contributed by atoms with van der Waals surface area (Å²) in [6.45, 7) is 0. The molecule has 5 heteroatoms. The molecule has 0 aliphatic heterocycles. The van der Waals surface area contributed by atoms with Gasteiger partial charge in [-0.2, -0.15) is 11.3 Å². The first-order valence-electron chi connectivity index (χ1n) is 2.64. The van der Waals surface area contributed by atoms with Crippen LogP contribution in [0, 0.1) is 0 Å². The number of hydrogen-bond donors (Lipinski definition) is 2. The second-order valence-electron chi connectivity index (χ2n) is 1.73. The lowest BCUT2D eigenvalue weighted by atomic mass is 9.87. The van der Waals surface area contributed by atoms with Crippen molar-refractivity contribution in [2.24, 2.45) is 0 Å². The van der Waals surface area contributed by atoms with E-state index in [9.17, 15) is 4.79 Å². The van der Waals surface area contributed by atoms with E-state index in [2.05, 4.69) is 0 Å². The van der Waals surface area contributed by atoms with Gasteiger partial charge in [-0.15, -0.1) is 0 Å². The monoisotopic (exact) mass is 156 g/mol. The van der Waals surface area contributed by atoms with Crippen molar-refractivity contribution in [2.75, 3.05) is 0 Å². The first kappa shape index (κ1) is 7.46. The third-order valence-corrected chi connectivity index (χ3v) is 2.06. The van der Waals surface area contributed by atoms with Crippen molar-refractivity contribution in [1.82, 2.24) is 0 Å². The highest BCUT2D eigenvalue weighted by Crippen LogP contribution is 2.00. The number of carbonyl (C=O) groups is 1. The fraction of sp³-hybridized carbons (Fsp3) is 0. The molecule has 0 aromatic carbocycles.